The molecule has 1 aliphatic carbocycles. The van der Waals surface area contributed by atoms with Crippen LogP contribution in [-0.4, -0.2) is 24.0 Å². The SMILES string of the molecule is CC(C)(C)Cn1cc(CNS(=O)C2CC2)c2cc(F)c(-c3nccnc3C(F)(F)F)cc21. The summed E-state index contributed by atoms with van der Waals surface area (Å²) in [4.78, 5) is 7.20. The van der Waals surface area contributed by atoms with Gasteiger partial charge in [0.05, 0.1) is 11.0 Å². The maximum absolute atomic E-state index is 15.1. The molecule has 10 heteroatoms. The normalized spacial score (nSPS) is 16.0. The minimum atomic E-state index is -4.76. The molecule has 0 saturated heterocycles. The molecule has 1 fully saturated rings. The lowest BCUT2D eigenvalue weighted by atomic mass is 9.97. The molecule has 172 valence electrons. The maximum atomic E-state index is 15.1. The third kappa shape index (κ3) is 4.85. The van der Waals surface area contributed by atoms with Crippen molar-refractivity contribution >= 4 is 21.9 Å². The van der Waals surface area contributed by atoms with Crippen LogP contribution in [0.2, 0.25) is 0 Å². The van der Waals surface area contributed by atoms with E-state index in [1.54, 1.807) is 0 Å². The lowest BCUT2D eigenvalue weighted by Crippen LogP contribution is -2.19. The van der Waals surface area contributed by atoms with Crippen molar-refractivity contribution in [3.05, 3.63) is 47.8 Å². The summed E-state index contributed by atoms with van der Waals surface area (Å²) < 4.78 is 72.6. The monoisotopic (exact) mass is 468 g/mol. The second-order valence-electron chi connectivity index (χ2n) is 9.26. The van der Waals surface area contributed by atoms with Gasteiger partial charge in [-0.25, -0.2) is 18.3 Å². The van der Waals surface area contributed by atoms with Gasteiger partial charge < -0.3 is 4.57 Å². The van der Waals surface area contributed by atoms with Gasteiger partial charge in [-0.1, -0.05) is 20.8 Å². The van der Waals surface area contributed by atoms with Crippen LogP contribution in [0.25, 0.3) is 22.2 Å². The molecule has 32 heavy (non-hydrogen) atoms. The maximum Gasteiger partial charge on any atom is 0.435 e. The first-order chi connectivity index (χ1) is 14.9. The van der Waals surface area contributed by atoms with E-state index in [2.05, 4.69) is 14.7 Å². The summed E-state index contributed by atoms with van der Waals surface area (Å²) >= 11 is 0. The minimum Gasteiger partial charge on any atom is -0.347 e. The minimum absolute atomic E-state index is 0.133. The average molecular weight is 469 g/mol. The number of nitrogens with zero attached hydrogens (tertiary/aromatic N) is 3. The first kappa shape index (κ1) is 22.8. The zero-order valence-corrected chi connectivity index (χ0v) is 18.8. The molecule has 5 nitrogen and oxygen atoms in total. The van der Waals surface area contributed by atoms with Crippen molar-refractivity contribution in [2.45, 2.75) is 58.1 Å². The Morgan fingerprint density at radius 3 is 2.47 bits per heavy atom. The summed E-state index contributed by atoms with van der Waals surface area (Å²) in [6.45, 7) is 6.94. The molecular weight excluding hydrogens is 444 g/mol. The Hall–Kier alpha value is -2.33. The number of hydrogen-bond acceptors (Lipinski definition) is 3. The Balaban J connectivity index is 1.83. The van der Waals surface area contributed by atoms with Crippen LogP contribution in [0.4, 0.5) is 17.6 Å². The van der Waals surface area contributed by atoms with Crippen molar-refractivity contribution in [1.82, 2.24) is 19.3 Å². The summed E-state index contributed by atoms with van der Waals surface area (Å²) in [5.41, 5.74) is -0.840. The zero-order valence-electron chi connectivity index (χ0n) is 18.0. The summed E-state index contributed by atoms with van der Waals surface area (Å²) in [7, 11) is -1.16. The third-order valence-electron chi connectivity index (χ3n) is 5.15. The van der Waals surface area contributed by atoms with Crippen LogP contribution in [0.3, 0.4) is 0 Å². The van der Waals surface area contributed by atoms with Gasteiger partial charge >= 0.3 is 6.18 Å². The highest BCUT2D eigenvalue weighted by atomic mass is 32.2. The topological polar surface area (TPSA) is 59.8 Å². The molecule has 1 N–H and O–H groups in total. The highest BCUT2D eigenvalue weighted by molar-refractivity contribution is 7.83. The molecule has 3 aromatic rings. The van der Waals surface area contributed by atoms with Gasteiger partial charge in [0.25, 0.3) is 0 Å². The first-order valence-corrected chi connectivity index (χ1v) is 11.5. The van der Waals surface area contributed by atoms with Crippen molar-refractivity contribution in [2.24, 2.45) is 5.41 Å². The molecule has 1 aliphatic rings. The number of rotatable bonds is 6. The molecule has 1 atom stereocenters. The third-order valence-corrected chi connectivity index (χ3v) is 6.66. The lowest BCUT2D eigenvalue weighted by Gasteiger charge is -2.20. The van der Waals surface area contributed by atoms with Crippen LogP contribution in [-0.2, 0) is 30.3 Å². The number of fused-ring (bicyclic) bond motifs is 1. The van der Waals surface area contributed by atoms with Crippen molar-refractivity contribution < 1.29 is 21.8 Å². The highest BCUT2D eigenvalue weighted by Gasteiger charge is 2.37. The van der Waals surface area contributed by atoms with Crippen LogP contribution in [0.15, 0.2) is 30.7 Å². The average Bonchev–Trinajstić information content (AvgIpc) is 3.49. The number of alkyl halides is 3. The second-order valence-corrected chi connectivity index (χ2v) is 10.8. The quantitative estimate of drug-likeness (QED) is 0.505. The van der Waals surface area contributed by atoms with Crippen LogP contribution >= 0.6 is 0 Å². The van der Waals surface area contributed by atoms with Gasteiger partial charge in [-0.2, -0.15) is 13.2 Å². The number of halogens is 4. The molecule has 0 bridgehead atoms. The van der Waals surface area contributed by atoms with Gasteiger partial charge in [-0.3, -0.25) is 4.98 Å². The van der Waals surface area contributed by atoms with E-state index in [9.17, 15) is 17.4 Å². The molecule has 0 radical (unpaired) electrons. The van der Waals surface area contributed by atoms with Crippen molar-refractivity contribution in [3.63, 3.8) is 0 Å². The molecule has 0 amide bonds. The standard InChI is InChI=1S/C22H24F4N4OS/c1-21(2,3)12-30-11-13(10-29-32(31)14-4-5-14)15-8-17(23)16(9-18(15)30)19-20(22(24,25)26)28-7-6-27-19/h6-9,11,14,29H,4-5,10,12H2,1-3H3. The van der Waals surface area contributed by atoms with Crippen molar-refractivity contribution in [3.8, 4) is 11.3 Å². The fraction of sp³-hybridized carbons (Fsp3) is 0.455. The number of nitrogens with one attached hydrogen (secondary N) is 1. The predicted molar refractivity (Wildman–Crippen MR) is 115 cm³/mol. The molecule has 1 saturated carbocycles. The fourth-order valence-electron chi connectivity index (χ4n) is 3.64. The molecule has 1 aromatic carbocycles. The molecule has 1 unspecified atom stereocenters. The summed E-state index contributed by atoms with van der Waals surface area (Å²) in [5, 5.41) is 0.715. The number of aromatic nitrogens is 3. The van der Waals surface area contributed by atoms with Gasteiger partial charge in [-0.05, 0) is 36.0 Å². The predicted octanol–water partition coefficient (Wildman–Crippen LogP) is 5.22. The first-order valence-electron chi connectivity index (χ1n) is 10.3. The van der Waals surface area contributed by atoms with E-state index in [4.69, 9.17) is 0 Å². The molecular formula is C22H24F4N4OS. The molecule has 2 aromatic heterocycles. The Morgan fingerprint density at radius 1 is 1.16 bits per heavy atom. The van der Waals surface area contributed by atoms with Gasteiger partial charge in [0, 0.05) is 53.4 Å². The smallest absolute Gasteiger partial charge is 0.347 e. The van der Waals surface area contributed by atoms with E-state index in [0.29, 0.717) is 17.4 Å². The van der Waals surface area contributed by atoms with Gasteiger partial charge in [0.1, 0.15) is 11.5 Å². The molecule has 2 heterocycles. The largest absolute Gasteiger partial charge is 0.435 e. The number of hydrogen-bond donors (Lipinski definition) is 1. The van der Waals surface area contributed by atoms with E-state index in [1.807, 2.05) is 31.5 Å². The van der Waals surface area contributed by atoms with E-state index >= 15 is 4.39 Å². The molecule has 4 rings (SSSR count). The van der Waals surface area contributed by atoms with Gasteiger partial charge in [0.15, 0.2) is 5.69 Å². The van der Waals surface area contributed by atoms with E-state index in [0.717, 1.165) is 30.8 Å². The van der Waals surface area contributed by atoms with Crippen LogP contribution in [0.1, 0.15) is 44.9 Å². The Morgan fingerprint density at radius 2 is 1.84 bits per heavy atom. The lowest BCUT2D eigenvalue weighted by molar-refractivity contribution is -0.140. The van der Waals surface area contributed by atoms with Gasteiger partial charge in [-0.15, -0.1) is 0 Å². The Labute approximate surface area is 185 Å². The number of benzene rings is 1. The highest BCUT2D eigenvalue weighted by Crippen LogP contribution is 2.37. The van der Waals surface area contributed by atoms with Crippen molar-refractivity contribution in [2.75, 3.05) is 0 Å². The Bertz CT molecular complexity index is 1180. The summed E-state index contributed by atoms with van der Waals surface area (Å²) in [6.07, 6.45) is 0.976. The van der Waals surface area contributed by atoms with E-state index in [-0.39, 0.29) is 22.8 Å². The Kier molecular flexibility index (Phi) is 5.87. The van der Waals surface area contributed by atoms with Crippen LogP contribution in [0, 0.1) is 11.2 Å². The zero-order chi connectivity index (χ0) is 23.3. The van der Waals surface area contributed by atoms with Crippen LogP contribution < -0.4 is 4.72 Å². The van der Waals surface area contributed by atoms with Crippen LogP contribution in [0.5, 0.6) is 0 Å². The molecule has 0 spiro atoms. The summed E-state index contributed by atoms with van der Waals surface area (Å²) in [6, 6.07) is 2.63. The van der Waals surface area contributed by atoms with Crippen molar-refractivity contribution in [1.29, 1.82) is 0 Å². The van der Waals surface area contributed by atoms with E-state index in [1.165, 1.54) is 12.1 Å². The molecule has 0 aliphatic heterocycles. The summed E-state index contributed by atoms with van der Waals surface area (Å²) in [5.74, 6) is -0.818. The fourth-order valence-corrected chi connectivity index (χ4v) is 4.74. The van der Waals surface area contributed by atoms with E-state index < -0.39 is 34.4 Å². The van der Waals surface area contributed by atoms with Gasteiger partial charge in [0.2, 0.25) is 0 Å². The second kappa shape index (κ2) is 8.22.